The van der Waals surface area contributed by atoms with E-state index in [0.717, 1.165) is 54.6 Å². The number of aliphatic imine (C=N–C) groups is 1. The van der Waals surface area contributed by atoms with Crippen LogP contribution in [0.5, 0.6) is 5.75 Å². The molecule has 3 aromatic rings. The summed E-state index contributed by atoms with van der Waals surface area (Å²) < 4.78 is 11.4. The number of aromatic nitrogens is 1. The first-order chi connectivity index (χ1) is 16.0. The van der Waals surface area contributed by atoms with Crippen molar-refractivity contribution in [1.29, 1.82) is 0 Å². The smallest absolute Gasteiger partial charge is 0.226 e. The second kappa shape index (κ2) is 12.6. The minimum Gasteiger partial charge on any atom is -0.494 e. The van der Waals surface area contributed by atoms with E-state index >= 15 is 0 Å². The van der Waals surface area contributed by atoms with Gasteiger partial charge in [-0.2, -0.15) is 0 Å². The first kappa shape index (κ1) is 24.3. The van der Waals surface area contributed by atoms with Gasteiger partial charge in [-0.25, -0.2) is 9.98 Å². The Morgan fingerprint density at radius 2 is 1.82 bits per heavy atom. The van der Waals surface area contributed by atoms with Crippen LogP contribution in [-0.2, 0) is 13.1 Å². The molecule has 2 N–H and O–H groups in total. The van der Waals surface area contributed by atoms with Crippen LogP contribution in [0.2, 0.25) is 0 Å². The minimum absolute atomic E-state index is 0.529. The molecule has 7 nitrogen and oxygen atoms in total. The summed E-state index contributed by atoms with van der Waals surface area (Å²) in [5, 5.41) is 6.60. The summed E-state index contributed by atoms with van der Waals surface area (Å²) in [7, 11) is 4.14. The Labute approximate surface area is 196 Å². The van der Waals surface area contributed by atoms with E-state index in [1.165, 1.54) is 5.56 Å². The molecule has 0 aliphatic rings. The molecule has 176 valence electrons. The highest BCUT2D eigenvalue weighted by molar-refractivity contribution is 5.79. The predicted octanol–water partition coefficient (Wildman–Crippen LogP) is 4.24. The second-order valence-electron chi connectivity index (χ2n) is 8.21. The molecule has 0 atom stereocenters. The summed E-state index contributed by atoms with van der Waals surface area (Å²) in [4.78, 5) is 11.4. The van der Waals surface area contributed by atoms with Gasteiger partial charge < -0.3 is 24.7 Å². The summed E-state index contributed by atoms with van der Waals surface area (Å²) >= 11 is 0. The maximum atomic E-state index is 5.80. The molecule has 2 aromatic carbocycles. The first-order valence-corrected chi connectivity index (χ1v) is 11.4. The van der Waals surface area contributed by atoms with Crippen molar-refractivity contribution in [2.75, 3.05) is 33.8 Å². The Kier molecular flexibility index (Phi) is 9.32. The Bertz CT molecular complexity index is 994. The zero-order valence-electron chi connectivity index (χ0n) is 20.1. The third-order valence-corrected chi connectivity index (χ3v) is 4.99. The number of nitrogens with zero attached hydrogens (tertiary/aromatic N) is 3. The normalized spacial score (nSPS) is 11.6. The number of ether oxygens (including phenoxy) is 1. The van der Waals surface area contributed by atoms with Gasteiger partial charge in [0.15, 0.2) is 5.96 Å². The maximum Gasteiger partial charge on any atom is 0.226 e. The highest BCUT2D eigenvalue weighted by Crippen LogP contribution is 2.19. The van der Waals surface area contributed by atoms with Crippen molar-refractivity contribution in [2.45, 2.75) is 33.4 Å². The van der Waals surface area contributed by atoms with Gasteiger partial charge in [0.25, 0.3) is 0 Å². The number of aryl methyl sites for hydroxylation is 1. The molecule has 0 aliphatic heterocycles. The summed E-state index contributed by atoms with van der Waals surface area (Å²) in [5.74, 6) is 2.25. The van der Waals surface area contributed by atoms with Crippen LogP contribution in [0.25, 0.3) is 11.5 Å². The molecule has 0 amide bonds. The lowest BCUT2D eigenvalue weighted by molar-refractivity contribution is 0.281. The van der Waals surface area contributed by atoms with Crippen LogP contribution < -0.4 is 15.4 Å². The third-order valence-electron chi connectivity index (χ3n) is 4.99. The Hall–Kier alpha value is -3.32. The third kappa shape index (κ3) is 8.27. The Balaban J connectivity index is 1.50. The van der Waals surface area contributed by atoms with Gasteiger partial charge in [-0.3, -0.25) is 0 Å². The van der Waals surface area contributed by atoms with Gasteiger partial charge in [-0.05, 0) is 64.2 Å². The van der Waals surface area contributed by atoms with Crippen molar-refractivity contribution in [3.63, 3.8) is 0 Å². The van der Waals surface area contributed by atoms with Crippen molar-refractivity contribution in [2.24, 2.45) is 4.99 Å². The second-order valence-corrected chi connectivity index (χ2v) is 8.21. The van der Waals surface area contributed by atoms with Gasteiger partial charge in [-0.15, -0.1) is 0 Å². The summed E-state index contributed by atoms with van der Waals surface area (Å²) in [6.45, 7) is 7.73. The van der Waals surface area contributed by atoms with Gasteiger partial charge in [0.2, 0.25) is 5.89 Å². The van der Waals surface area contributed by atoms with E-state index in [1.54, 1.807) is 6.26 Å². The zero-order chi connectivity index (χ0) is 23.5. The van der Waals surface area contributed by atoms with Crippen LogP contribution in [0.1, 0.15) is 30.2 Å². The highest BCUT2D eigenvalue weighted by Gasteiger charge is 2.07. The topological polar surface area (TPSA) is 74.9 Å². The van der Waals surface area contributed by atoms with E-state index < -0.39 is 0 Å². The molecule has 0 saturated heterocycles. The molecule has 0 fully saturated rings. The van der Waals surface area contributed by atoms with Crippen LogP contribution in [0, 0.1) is 6.92 Å². The molecule has 7 heteroatoms. The number of hydrogen-bond donors (Lipinski definition) is 2. The summed E-state index contributed by atoms with van der Waals surface area (Å²) in [5.41, 5.74) is 4.13. The van der Waals surface area contributed by atoms with E-state index in [4.69, 9.17) is 9.15 Å². The number of nitrogens with one attached hydrogen (secondary N) is 2. The molecule has 0 saturated carbocycles. The summed E-state index contributed by atoms with van der Waals surface area (Å²) in [6, 6.07) is 16.3. The van der Waals surface area contributed by atoms with Crippen molar-refractivity contribution in [3.05, 3.63) is 71.6 Å². The molecule has 0 radical (unpaired) electrons. The summed E-state index contributed by atoms with van der Waals surface area (Å²) in [6.07, 6.45) is 2.69. The van der Waals surface area contributed by atoms with Crippen LogP contribution >= 0.6 is 0 Å². The highest BCUT2D eigenvalue weighted by atomic mass is 16.5. The first-order valence-electron chi connectivity index (χ1n) is 11.4. The fourth-order valence-electron chi connectivity index (χ4n) is 3.17. The largest absolute Gasteiger partial charge is 0.494 e. The maximum absolute atomic E-state index is 5.80. The fourth-order valence-corrected chi connectivity index (χ4v) is 3.17. The molecular weight excluding hydrogens is 414 g/mol. The lowest BCUT2D eigenvalue weighted by Gasteiger charge is -2.11. The van der Waals surface area contributed by atoms with Gasteiger partial charge in [0, 0.05) is 18.7 Å². The molecule has 1 heterocycles. The standard InChI is InChI=1S/C26H35N5O2/c1-5-27-26(28-17-21-9-13-24(14-10-21)32-16-6-15-31(3)4)29-18-23-19-33-25(30-23)22-11-7-20(2)8-12-22/h7-14,19H,5-6,15-18H2,1-4H3,(H2,27,28,29). The monoisotopic (exact) mass is 449 g/mol. The lowest BCUT2D eigenvalue weighted by atomic mass is 10.1. The van der Waals surface area contributed by atoms with E-state index in [0.29, 0.717) is 19.0 Å². The van der Waals surface area contributed by atoms with Crippen molar-refractivity contribution < 1.29 is 9.15 Å². The Morgan fingerprint density at radius 3 is 2.52 bits per heavy atom. The van der Waals surface area contributed by atoms with Crippen LogP contribution in [0.15, 0.2) is 64.2 Å². The number of benzene rings is 2. The van der Waals surface area contributed by atoms with Crippen molar-refractivity contribution in [3.8, 4) is 17.2 Å². The number of guanidine groups is 1. The molecule has 1 aromatic heterocycles. The molecule has 0 bridgehead atoms. The molecule has 0 unspecified atom stereocenters. The molecule has 3 rings (SSSR count). The van der Waals surface area contributed by atoms with Gasteiger partial charge >= 0.3 is 0 Å². The van der Waals surface area contributed by atoms with Gasteiger partial charge in [0.1, 0.15) is 12.0 Å². The SMILES string of the molecule is CCNC(=NCc1ccc(OCCCN(C)C)cc1)NCc1coc(-c2ccc(C)cc2)n1. The van der Waals surface area contributed by atoms with Gasteiger partial charge in [-0.1, -0.05) is 29.8 Å². The Morgan fingerprint density at radius 1 is 1.06 bits per heavy atom. The number of rotatable bonds is 11. The average molecular weight is 450 g/mol. The molecule has 0 aliphatic carbocycles. The van der Waals surface area contributed by atoms with Crippen LogP contribution in [-0.4, -0.2) is 49.6 Å². The van der Waals surface area contributed by atoms with E-state index in [-0.39, 0.29) is 0 Å². The van der Waals surface area contributed by atoms with E-state index in [9.17, 15) is 0 Å². The van der Waals surface area contributed by atoms with Gasteiger partial charge in [0.05, 0.1) is 25.4 Å². The predicted molar refractivity (Wildman–Crippen MR) is 133 cm³/mol. The van der Waals surface area contributed by atoms with E-state index in [1.807, 2.05) is 31.2 Å². The van der Waals surface area contributed by atoms with Crippen LogP contribution in [0.4, 0.5) is 0 Å². The molecular formula is C26H35N5O2. The zero-order valence-corrected chi connectivity index (χ0v) is 20.1. The van der Waals surface area contributed by atoms with Crippen molar-refractivity contribution >= 4 is 5.96 Å². The van der Waals surface area contributed by atoms with Crippen LogP contribution in [0.3, 0.4) is 0 Å². The number of oxazole rings is 1. The minimum atomic E-state index is 0.529. The van der Waals surface area contributed by atoms with Crippen molar-refractivity contribution in [1.82, 2.24) is 20.5 Å². The molecule has 0 spiro atoms. The fraction of sp³-hybridized carbons (Fsp3) is 0.385. The van der Waals surface area contributed by atoms with E-state index in [2.05, 4.69) is 70.8 Å². The number of hydrogen-bond acceptors (Lipinski definition) is 5. The lowest BCUT2D eigenvalue weighted by Crippen LogP contribution is -2.36. The average Bonchev–Trinajstić information content (AvgIpc) is 3.29. The quantitative estimate of drug-likeness (QED) is 0.259. The molecule has 33 heavy (non-hydrogen) atoms.